The van der Waals surface area contributed by atoms with Crippen LogP contribution in [-0.4, -0.2) is 38.5 Å². The zero-order valence-corrected chi connectivity index (χ0v) is 13.6. The van der Waals surface area contributed by atoms with Crippen LogP contribution in [-0.2, 0) is 14.3 Å². The van der Waals surface area contributed by atoms with Crippen molar-refractivity contribution in [3.63, 3.8) is 0 Å². The summed E-state index contributed by atoms with van der Waals surface area (Å²) >= 11 is 0. The Hall–Kier alpha value is -1.91. The number of aliphatic hydroxyl groups excluding tert-OH is 1. The van der Waals surface area contributed by atoms with Gasteiger partial charge in [0.15, 0.2) is 0 Å². The average Bonchev–Trinajstić information content (AvgIpc) is 2.57. The predicted molar refractivity (Wildman–Crippen MR) is 89.8 cm³/mol. The maximum atomic E-state index is 10.2. The van der Waals surface area contributed by atoms with Crippen molar-refractivity contribution in [1.82, 2.24) is 0 Å². The Labute approximate surface area is 132 Å². The predicted octanol–water partition coefficient (Wildman–Crippen LogP) is 3.42. The number of hydrogen-bond donors (Lipinski definition) is 1. The molecule has 2 rings (SSSR count). The largest absolute Gasteiger partial charge is 0.469 e. The maximum absolute atomic E-state index is 10.2. The summed E-state index contributed by atoms with van der Waals surface area (Å²) in [5.41, 5.74) is 0. The lowest BCUT2D eigenvalue weighted by Crippen LogP contribution is -1.97. The van der Waals surface area contributed by atoms with E-state index in [1.54, 1.807) is 7.11 Å². The Morgan fingerprint density at radius 1 is 1.00 bits per heavy atom. The minimum Gasteiger partial charge on any atom is -0.469 e. The lowest BCUT2D eigenvalue weighted by atomic mass is 10.1. The van der Waals surface area contributed by atoms with Crippen molar-refractivity contribution >= 4 is 16.7 Å². The number of carbonyl (C=O) groups is 1. The molecule has 0 aliphatic heterocycles. The van der Waals surface area contributed by atoms with Crippen molar-refractivity contribution in [1.29, 1.82) is 0 Å². The number of benzene rings is 2. The second kappa shape index (κ2) is 14.0. The van der Waals surface area contributed by atoms with E-state index < -0.39 is 0 Å². The molecule has 0 saturated carbocycles. The topological polar surface area (TPSA) is 55.8 Å². The summed E-state index contributed by atoms with van der Waals surface area (Å²) in [5, 5.41) is 10.6. The number of carbonyl (C=O) groups excluding carboxylic acids is 1. The summed E-state index contributed by atoms with van der Waals surface area (Å²) in [6.07, 6.45) is 1.41. The highest BCUT2D eigenvalue weighted by Crippen LogP contribution is 2.11. The molecule has 0 saturated heterocycles. The van der Waals surface area contributed by atoms with Gasteiger partial charge in [-0.3, -0.25) is 4.79 Å². The van der Waals surface area contributed by atoms with Crippen LogP contribution in [0.5, 0.6) is 0 Å². The highest BCUT2D eigenvalue weighted by molar-refractivity contribution is 5.82. The maximum Gasteiger partial charge on any atom is 0.305 e. The fourth-order valence-corrected chi connectivity index (χ4v) is 1.53. The Bertz CT molecular complexity index is 444. The zero-order valence-electron chi connectivity index (χ0n) is 13.6. The molecule has 0 fully saturated rings. The van der Waals surface area contributed by atoms with E-state index in [-0.39, 0.29) is 12.6 Å². The molecule has 0 radical (unpaired) electrons. The van der Waals surface area contributed by atoms with Gasteiger partial charge >= 0.3 is 5.97 Å². The lowest BCUT2D eigenvalue weighted by Gasteiger charge is -1.92. The fourth-order valence-electron chi connectivity index (χ4n) is 1.53. The molecule has 2 aromatic carbocycles. The molecule has 0 unspecified atom stereocenters. The normalized spacial score (nSPS) is 9.09. The van der Waals surface area contributed by atoms with Crippen LogP contribution in [0.3, 0.4) is 0 Å². The summed E-state index contributed by atoms with van der Waals surface area (Å²) < 4.78 is 8.79. The van der Waals surface area contributed by atoms with Crippen molar-refractivity contribution in [2.75, 3.05) is 27.4 Å². The number of esters is 1. The van der Waals surface area contributed by atoms with Gasteiger partial charge < -0.3 is 14.6 Å². The molecular weight excluding hydrogens is 280 g/mol. The summed E-state index contributed by atoms with van der Waals surface area (Å²) in [6.45, 7) is 2.51. The summed E-state index contributed by atoms with van der Waals surface area (Å²) in [7, 11) is 2.95. The molecule has 0 bridgehead atoms. The Morgan fingerprint density at radius 3 is 1.64 bits per heavy atom. The monoisotopic (exact) mass is 306 g/mol. The van der Waals surface area contributed by atoms with Crippen LogP contribution in [0.1, 0.15) is 19.8 Å². The van der Waals surface area contributed by atoms with Crippen molar-refractivity contribution in [2.45, 2.75) is 19.8 Å². The summed E-state index contributed by atoms with van der Waals surface area (Å²) in [5.74, 6) is -0.123. The van der Waals surface area contributed by atoms with E-state index in [0.29, 0.717) is 13.0 Å². The van der Waals surface area contributed by atoms with Crippen molar-refractivity contribution < 1.29 is 19.4 Å². The van der Waals surface area contributed by atoms with Crippen molar-refractivity contribution in [3.05, 3.63) is 48.5 Å². The van der Waals surface area contributed by atoms with Gasteiger partial charge in [0.05, 0.1) is 20.3 Å². The van der Waals surface area contributed by atoms with Crippen molar-refractivity contribution in [2.24, 2.45) is 0 Å². The first-order valence-electron chi connectivity index (χ1n) is 7.30. The van der Waals surface area contributed by atoms with Crippen LogP contribution < -0.4 is 0 Å². The van der Waals surface area contributed by atoms with E-state index in [1.807, 2.05) is 6.92 Å². The lowest BCUT2D eigenvalue weighted by molar-refractivity contribution is -0.140. The molecule has 2 aromatic rings. The van der Waals surface area contributed by atoms with Gasteiger partial charge in [-0.05, 0) is 17.2 Å². The van der Waals surface area contributed by atoms with Gasteiger partial charge in [0.25, 0.3) is 0 Å². The van der Waals surface area contributed by atoms with Gasteiger partial charge in [0.1, 0.15) is 0 Å². The Balaban J connectivity index is 0.000000326. The molecule has 0 aromatic heterocycles. The van der Waals surface area contributed by atoms with Gasteiger partial charge in [-0.1, -0.05) is 55.5 Å². The number of ether oxygens (including phenoxy) is 2. The third-order valence-electron chi connectivity index (χ3n) is 2.64. The molecule has 0 amide bonds. The number of methoxy groups -OCH3 is 2. The molecule has 22 heavy (non-hydrogen) atoms. The molecule has 1 N–H and O–H groups in total. The highest BCUT2D eigenvalue weighted by Gasteiger charge is 1.92. The molecular formula is C18H26O4. The molecule has 0 aliphatic carbocycles. The van der Waals surface area contributed by atoms with Crippen LogP contribution in [0.2, 0.25) is 0 Å². The fraction of sp³-hybridized carbons (Fsp3) is 0.389. The third kappa shape index (κ3) is 9.91. The van der Waals surface area contributed by atoms with Crippen LogP contribution >= 0.6 is 0 Å². The second-order valence-electron chi connectivity index (χ2n) is 4.39. The number of rotatable bonds is 4. The summed E-state index contributed by atoms with van der Waals surface area (Å²) in [4.78, 5) is 10.2. The van der Waals surface area contributed by atoms with E-state index in [2.05, 4.69) is 58.0 Å². The van der Waals surface area contributed by atoms with Crippen LogP contribution in [0.25, 0.3) is 10.8 Å². The van der Waals surface area contributed by atoms with Gasteiger partial charge in [-0.2, -0.15) is 0 Å². The van der Waals surface area contributed by atoms with Crippen LogP contribution in [0.4, 0.5) is 0 Å². The number of hydrogen-bond acceptors (Lipinski definition) is 4. The SMILES string of the molecule is CCCC(=O)OC.COCCO.c1ccc2ccccc2c1. The Kier molecular flexibility index (Phi) is 12.8. The quantitative estimate of drug-likeness (QED) is 0.879. The minimum atomic E-state index is -0.123. The minimum absolute atomic E-state index is 0.122. The molecule has 0 atom stereocenters. The second-order valence-corrected chi connectivity index (χ2v) is 4.39. The average molecular weight is 306 g/mol. The van der Waals surface area contributed by atoms with E-state index in [1.165, 1.54) is 17.9 Å². The molecule has 0 heterocycles. The Morgan fingerprint density at radius 2 is 1.45 bits per heavy atom. The first kappa shape index (κ1) is 20.1. The highest BCUT2D eigenvalue weighted by atomic mass is 16.5. The van der Waals surface area contributed by atoms with Crippen LogP contribution in [0, 0.1) is 0 Å². The molecule has 0 spiro atoms. The first-order chi connectivity index (χ1) is 10.7. The molecule has 0 aliphatic rings. The first-order valence-corrected chi connectivity index (χ1v) is 7.30. The molecule has 4 nitrogen and oxygen atoms in total. The van der Waals surface area contributed by atoms with E-state index in [9.17, 15) is 4.79 Å². The van der Waals surface area contributed by atoms with Gasteiger partial charge in [0.2, 0.25) is 0 Å². The number of fused-ring (bicyclic) bond motifs is 1. The van der Waals surface area contributed by atoms with Crippen molar-refractivity contribution in [3.8, 4) is 0 Å². The standard InChI is InChI=1S/C10H8.C5H10O2.C3H8O2/c1-2-6-10-8-4-3-7-9(10)5-1;1-3-4-5(6)7-2;1-5-3-2-4/h1-8H;3-4H2,1-2H3;4H,2-3H2,1H3. The van der Waals surface area contributed by atoms with Gasteiger partial charge in [-0.15, -0.1) is 0 Å². The van der Waals surface area contributed by atoms with E-state index in [4.69, 9.17) is 5.11 Å². The smallest absolute Gasteiger partial charge is 0.305 e. The zero-order chi connectivity index (χ0) is 16.6. The van der Waals surface area contributed by atoms with E-state index >= 15 is 0 Å². The molecule has 122 valence electrons. The third-order valence-corrected chi connectivity index (χ3v) is 2.64. The van der Waals surface area contributed by atoms with Gasteiger partial charge in [0, 0.05) is 13.5 Å². The van der Waals surface area contributed by atoms with Gasteiger partial charge in [-0.25, -0.2) is 0 Å². The number of aliphatic hydroxyl groups is 1. The van der Waals surface area contributed by atoms with Crippen LogP contribution in [0.15, 0.2) is 48.5 Å². The van der Waals surface area contributed by atoms with E-state index in [0.717, 1.165) is 6.42 Å². The molecule has 4 heteroatoms. The summed E-state index contributed by atoms with van der Waals surface area (Å²) in [6, 6.07) is 16.7.